The first-order valence-electron chi connectivity index (χ1n) is 4.67. The maximum atomic E-state index is 12.9. The molecule has 0 amide bonds. The van der Waals surface area contributed by atoms with Crippen LogP contribution in [0.3, 0.4) is 0 Å². The van der Waals surface area contributed by atoms with Crippen molar-refractivity contribution >= 4 is 0 Å². The van der Waals surface area contributed by atoms with E-state index >= 15 is 0 Å². The van der Waals surface area contributed by atoms with E-state index in [4.69, 9.17) is 4.74 Å². The Hall–Kier alpha value is -1.09. The summed E-state index contributed by atoms with van der Waals surface area (Å²) in [5.41, 5.74) is 0.710. The summed E-state index contributed by atoms with van der Waals surface area (Å²) in [7, 11) is 1.54. The predicted octanol–water partition coefficient (Wildman–Crippen LogP) is 2.15. The van der Waals surface area contributed by atoms with Gasteiger partial charge < -0.3 is 9.84 Å². The van der Waals surface area contributed by atoms with Gasteiger partial charge in [-0.1, -0.05) is 6.92 Å². The molecular formula is C11H15FO2. The zero-order valence-corrected chi connectivity index (χ0v) is 8.46. The van der Waals surface area contributed by atoms with Crippen LogP contribution in [0.5, 0.6) is 5.75 Å². The SMILES string of the molecule is CC[C@@H](O)Cc1cc(F)ccc1OC. The third-order valence-corrected chi connectivity index (χ3v) is 2.17. The summed E-state index contributed by atoms with van der Waals surface area (Å²) >= 11 is 0. The van der Waals surface area contributed by atoms with Crippen LogP contribution >= 0.6 is 0 Å². The minimum atomic E-state index is -0.439. The number of halogens is 1. The molecule has 2 nitrogen and oxygen atoms in total. The molecule has 0 saturated heterocycles. The van der Waals surface area contributed by atoms with Crippen molar-refractivity contribution in [1.29, 1.82) is 0 Å². The molecule has 78 valence electrons. The molecule has 0 aliphatic heterocycles. The van der Waals surface area contributed by atoms with Crippen LogP contribution in [0.2, 0.25) is 0 Å². The molecule has 0 aliphatic carbocycles. The Morgan fingerprint density at radius 1 is 1.50 bits per heavy atom. The molecule has 0 saturated carbocycles. The molecule has 0 bridgehead atoms. The zero-order chi connectivity index (χ0) is 10.6. The molecule has 3 heteroatoms. The number of rotatable bonds is 4. The molecule has 14 heavy (non-hydrogen) atoms. The van der Waals surface area contributed by atoms with Crippen LogP contribution in [0.25, 0.3) is 0 Å². The fourth-order valence-corrected chi connectivity index (χ4v) is 1.30. The Morgan fingerprint density at radius 2 is 2.21 bits per heavy atom. The number of hydrogen-bond acceptors (Lipinski definition) is 2. The molecule has 0 spiro atoms. The van der Waals surface area contributed by atoms with E-state index in [9.17, 15) is 9.50 Å². The third kappa shape index (κ3) is 2.70. The summed E-state index contributed by atoms with van der Waals surface area (Å²) in [5, 5.41) is 9.44. The van der Waals surface area contributed by atoms with E-state index in [1.54, 1.807) is 6.07 Å². The maximum Gasteiger partial charge on any atom is 0.123 e. The Balaban J connectivity index is 2.87. The maximum absolute atomic E-state index is 12.9. The smallest absolute Gasteiger partial charge is 0.123 e. The lowest BCUT2D eigenvalue weighted by Crippen LogP contribution is -2.09. The van der Waals surface area contributed by atoms with E-state index in [1.807, 2.05) is 6.92 Å². The van der Waals surface area contributed by atoms with Gasteiger partial charge in [-0.15, -0.1) is 0 Å². The number of ether oxygens (including phenoxy) is 1. The highest BCUT2D eigenvalue weighted by molar-refractivity contribution is 5.34. The van der Waals surface area contributed by atoms with Crippen LogP contribution in [0, 0.1) is 5.82 Å². The second-order valence-corrected chi connectivity index (χ2v) is 3.22. The zero-order valence-electron chi connectivity index (χ0n) is 8.46. The van der Waals surface area contributed by atoms with Crippen molar-refractivity contribution in [3.05, 3.63) is 29.6 Å². The van der Waals surface area contributed by atoms with Crippen molar-refractivity contribution in [2.45, 2.75) is 25.9 Å². The fraction of sp³-hybridized carbons (Fsp3) is 0.455. The second kappa shape index (κ2) is 4.96. The molecule has 0 aliphatic rings. The van der Waals surface area contributed by atoms with Gasteiger partial charge in [-0.2, -0.15) is 0 Å². The van der Waals surface area contributed by atoms with E-state index in [-0.39, 0.29) is 5.82 Å². The number of hydrogen-bond donors (Lipinski definition) is 1. The Kier molecular flexibility index (Phi) is 3.89. The first-order chi connectivity index (χ1) is 6.67. The van der Waals surface area contributed by atoms with Crippen molar-refractivity contribution in [2.75, 3.05) is 7.11 Å². The molecule has 0 aromatic heterocycles. The minimum absolute atomic E-state index is 0.302. The topological polar surface area (TPSA) is 29.5 Å². The van der Waals surface area contributed by atoms with Gasteiger partial charge in [0.05, 0.1) is 13.2 Å². The first kappa shape index (κ1) is 11.0. The van der Waals surface area contributed by atoms with E-state index in [0.29, 0.717) is 24.2 Å². The predicted molar refractivity (Wildman–Crippen MR) is 53.0 cm³/mol. The third-order valence-electron chi connectivity index (χ3n) is 2.17. The highest BCUT2D eigenvalue weighted by Gasteiger charge is 2.09. The van der Waals surface area contributed by atoms with Gasteiger partial charge in [0, 0.05) is 6.42 Å². The molecule has 1 N–H and O–H groups in total. The molecular weight excluding hydrogens is 183 g/mol. The van der Waals surface area contributed by atoms with E-state index < -0.39 is 6.10 Å². The van der Waals surface area contributed by atoms with Crippen molar-refractivity contribution in [2.24, 2.45) is 0 Å². The second-order valence-electron chi connectivity index (χ2n) is 3.22. The summed E-state index contributed by atoms with van der Waals surface area (Å²) in [6.45, 7) is 1.89. The average Bonchev–Trinajstić information content (AvgIpc) is 2.18. The molecule has 1 atom stereocenters. The fourth-order valence-electron chi connectivity index (χ4n) is 1.30. The Bertz CT molecular complexity index is 299. The highest BCUT2D eigenvalue weighted by atomic mass is 19.1. The van der Waals surface area contributed by atoms with Crippen LogP contribution in [-0.2, 0) is 6.42 Å². The van der Waals surface area contributed by atoms with Gasteiger partial charge in [0.15, 0.2) is 0 Å². The molecule has 0 unspecified atom stereocenters. The van der Waals surface area contributed by atoms with Crippen molar-refractivity contribution in [1.82, 2.24) is 0 Å². The molecule has 1 aromatic rings. The van der Waals surface area contributed by atoms with Crippen LogP contribution in [-0.4, -0.2) is 18.3 Å². The summed E-state index contributed by atoms with van der Waals surface area (Å²) in [6, 6.07) is 4.32. The van der Waals surface area contributed by atoms with Crippen LogP contribution < -0.4 is 4.74 Å². The number of aliphatic hydroxyl groups is 1. The highest BCUT2D eigenvalue weighted by Crippen LogP contribution is 2.21. The van der Waals surface area contributed by atoms with Gasteiger partial charge in [0.25, 0.3) is 0 Å². The lowest BCUT2D eigenvalue weighted by molar-refractivity contribution is 0.169. The molecule has 0 fully saturated rings. The summed E-state index contributed by atoms with van der Waals surface area (Å²) in [4.78, 5) is 0. The van der Waals surface area contributed by atoms with E-state index in [1.165, 1.54) is 19.2 Å². The van der Waals surface area contributed by atoms with E-state index in [2.05, 4.69) is 0 Å². The van der Waals surface area contributed by atoms with Gasteiger partial charge in [-0.25, -0.2) is 4.39 Å². The average molecular weight is 198 g/mol. The summed E-state index contributed by atoms with van der Waals surface area (Å²) < 4.78 is 18.0. The van der Waals surface area contributed by atoms with Gasteiger partial charge in [0.1, 0.15) is 11.6 Å². The van der Waals surface area contributed by atoms with Crippen LogP contribution in [0.4, 0.5) is 4.39 Å². The standard InChI is InChI=1S/C11H15FO2/c1-3-10(13)7-8-6-9(12)4-5-11(8)14-2/h4-6,10,13H,3,7H2,1-2H3/t10-/m1/s1. The van der Waals surface area contributed by atoms with Crippen molar-refractivity contribution in [3.63, 3.8) is 0 Å². The lowest BCUT2D eigenvalue weighted by atomic mass is 10.1. The summed E-state index contributed by atoms with van der Waals surface area (Å²) in [6.07, 6.45) is 0.641. The first-order valence-corrected chi connectivity index (χ1v) is 4.67. The van der Waals surface area contributed by atoms with Crippen molar-refractivity contribution in [3.8, 4) is 5.75 Å². The van der Waals surface area contributed by atoms with Gasteiger partial charge in [-0.3, -0.25) is 0 Å². The lowest BCUT2D eigenvalue weighted by Gasteiger charge is -2.11. The van der Waals surface area contributed by atoms with Crippen LogP contribution in [0.15, 0.2) is 18.2 Å². The normalized spacial score (nSPS) is 12.6. The van der Waals surface area contributed by atoms with Crippen molar-refractivity contribution < 1.29 is 14.2 Å². The Labute approximate surface area is 83.3 Å². The van der Waals surface area contributed by atoms with Crippen LogP contribution in [0.1, 0.15) is 18.9 Å². The molecule has 1 rings (SSSR count). The minimum Gasteiger partial charge on any atom is -0.496 e. The summed E-state index contributed by atoms with van der Waals surface area (Å²) in [5.74, 6) is 0.322. The quantitative estimate of drug-likeness (QED) is 0.803. The molecule has 0 heterocycles. The van der Waals surface area contributed by atoms with Gasteiger partial charge in [0.2, 0.25) is 0 Å². The van der Waals surface area contributed by atoms with Gasteiger partial charge >= 0.3 is 0 Å². The van der Waals surface area contributed by atoms with E-state index in [0.717, 1.165) is 0 Å². The largest absolute Gasteiger partial charge is 0.496 e. The molecule has 1 aromatic carbocycles. The monoisotopic (exact) mass is 198 g/mol. The van der Waals surface area contributed by atoms with Gasteiger partial charge in [-0.05, 0) is 30.2 Å². The number of benzene rings is 1. The Morgan fingerprint density at radius 3 is 2.79 bits per heavy atom. The number of aliphatic hydroxyl groups excluding tert-OH is 1. The number of methoxy groups -OCH3 is 1. The molecule has 0 radical (unpaired) electrons.